The lowest BCUT2D eigenvalue weighted by Gasteiger charge is -2.59. The highest BCUT2D eigenvalue weighted by molar-refractivity contribution is 5.16. The van der Waals surface area contributed by atoms with Crippen molar-refractivity contribution in [3.8, 4) is 0 Å². The molecular weight excluding hydrogens is 236 g/mol. The van der Waals surface area contributed by atoms with Gasteiger partial charge >= 0.3 is 0 Å². The van der Waals surface area contributed by atoms with Gasteiger partial charge < -0.3 is 0 Å². The molecule has 0 aliphatic heterocycles. The smallest absolute Gasteiger partial charge is 0.0685 e. The number of nitrogens with two attached hydrogens (primary N) is 1. The third-order valence-corrected chi connectivity index (χ3v) is 6.02. The first-order chi connectivity index (χ1) is 9.20. The van der Waals surface area contributed by atoms with Crippen LogP contribution in [-0.2, 0) is 7.05 Å². The van der Waals surface area contributed by atoms with Crippen molar-refractivity contribution in [2.45, 2.75) is 44.6 Å². The fraction of sp³-hybridized carbons (Fsp3) is 0.800. The highest BCUT2D eigenvalue weighted by Crippen LogP contribution is 2.63. The van der Waals surface area contributed by atoms with E-state index in [0.717, 1.165) is 17.8 Å². The molecule has 4 fully saturated rings. The summed E-state index contributed by atoms with van der Waals surface area (Å²) in [7, 11) is 2.03. The van der Waals surface area contributed by atoms with E-state index in [1.165, 1.54) is 44.2 Å². The van der Waals surface area contributed by atoms with Crippen LogP contribution in [0.5, 0.6) is 0 Å². The quantitative estimate of drug-likeness (QED) is 0.646. The second-order valence-corrected chi connectivity index (χ2v) is 7.26. The van der Waals surface area contributed by atoms with Crippen molar-refractivity contribution >= 4 is 0 Å². The number of aryl methyl sites for hydroxylation is 1. The van der Waals surface area contributed by atoms with Crippen LogP contribution in [-0.4, -0.2) is 9.78 Å². The molecule has 0 saturated heterocycles. The Morgan fingerprint density at radius 2 is 1.84 bits per heavy atom. The molecule has 1 heterocycles. The summed E-state index contributed by atoms with van der Waals surface area (Å²) in [5.41, 5.74) is 4.78. The van der Waals surface area contributed by atoms with Gasteiger partial charge in [-0.3, -0.25) is 16.0 Å². The molecule has 3 N–H and O–H groups in total. The molecular formula is C15H24N4. The van der Waals surface area contributed by atoms with Crippen molar-refractivity contribution in [2.75, 3.05) is 0 Å². The van der Waals surface area contributed by atoms with Gasteiger partial charge in [-0.1, -0.05) is 0 Å². The number of rotatable bonds is 3. The van der Waals surface area contributed by atoms with E-state index in [-0.39, 0.29) is 6.04 Å². The normalized spacial score (nSPS) is 41.7. The summed E-state index contributed by atoms with van der Waals surface area (Å²) in [5.74, 6) is 8.83. The van der Waals surface area contributed by atoms with Crippen LogP contribution in [0.25, 0.3) is 0 Å². The zero-order valence-electron chi connectivity index (χ0n) is 11.7. The summed E-state index contributed by atoms with van der Waals surface area (Å²) in [6, 6.07) is 2.40. The number of hydrogen-bond acceptors (Lipinski definition) is 3. The summed E-state index contributed by atoms with van der Waals surface area (Å²) >= 11 is 0. The van der Waals surface area contributed by atoms with Gasteiger partial charge in [0.25, 0.3) is 0 Å². The molecule has 1 aromatic rings. The highest BCUT2D eigenvalue weighted by Gasteiger charge is 2.54. The lowest BCUT2D eigenvalue weighted by molar-refractivity contribution is -0.0762. The molecule has 104 valence electrons. The summed E-state index contributed by atoms with van der Waals surface area (Å²) in [6.07, 6.45) is 10.4. The van der Waals surface area contributed by atoms with E-state index in [1.54, 1.807) is 0 Å². The Morgan fingerprint density at radius 1 is 1.26 bits per heavy atom. The molecule has 0 spiro atoms. The summed E-state index contributed by atoms with van der Waals surface area (Å²) in [5, 5.41) is 4.33. The first-order valence-electron chi connectivity index (χ1n) is 7.64. The zero-order chi connectivity index (χ0) is 13.0. The lowest BCUT2D eigenvalue weighted by Crippen LogP contribution is -2.53. The molecule has 4 saturated carbocycles. The van der Waals surface area contributed by atoms with E-state index in [9.17, 15) is 0 Å². The lowest BCUT2D eigenvalue weighted by atomic mass is 9.47. The van der Waals surface area contributed by atoms with Gasteiger partial charge in [-0.05, 0) is 67.8 Å². The monoisotopic (exact) mass is 260 g/mol. The molecule has 1 unspecified atom stereocenters. The SMILES string of the molecule is Cn1nccc1C(NN)C12CC3CC(CC(C3)C1)C2. The van der Waals surface area contributed by atoms with Crippen molar-refractivity contribution in [3.05, 3.63) is 18.0 Å². The summed E-state index contributed by atoms with van der Waals surface area (Å²) in [4.78, 5) is 0. The zero-order valence-corrected chi connectivity index (χ0v) is 11.7. The molecule has 0 radical (unpaired) electrons. The first kappa shape index (κ1) is 11.9. The van der Waals surface area contributed by atoms with Crippen molar-refractivity contribution in [1.82, 2.24) is 15.2 Å². The summed E-state index contributed by atoms with van der Waals surface area (Å²) < 4.78 is 1.99. The van der Waals surface area contributed by atoms with Crippen LogP contribution in [0.1, 0.15) is 50.3 Å². The third kappa shape index (κ3) is 1.69. The maximum Gasteiger partial charge on any atom is 0.0685 e. The number of aromatic nitrogens is 2. The molecule has 19 heavy (non-hydrogen) atoms. The van der Waals surface area contributed by atoms with Crippen LogP contribution in [0.4, 0.5) is 0 Å². The van der Waals surface area contributed by atoms with E-state index in [4.69, 9.17) is 5.84 Å². The van der Waals surface area contributed by atoms with Crippen LogP contribution in [0.2, 0.25) is 0 Å². The molecule has 1 aromatic heterocycles. The maximum atomic E-state index is 5.96. The Balaban J connectivity index is 1.72. The average molecular weight is 260 g/mol. The van der Waals surface area contributed by atoms with E-state index in [0.29, 0.717) is 5.41 Å². The molecule has 4 nitrogen and oxygen atoms in total. The Bertz CT molecular complexity index is 443. The van der Waals surface area contributed by atoms with Crippen molar-refractivity contribution in [3.63, 3.8) is 0 Å². The van der Waals surface area contributed by atoms with Gasteiger partial charge in [-0.2, -0.15) is 5.10 Å². The van der Waals surface area contributed by atoms with Gasteiger partial charge in [-0.25, -0.2) is 0 Å². The Hall–Kier alpha value is -0.870. The number of hydrazine groups is 1. The van der Waals surface area contributed by atoms with Crippen LogP contribution in [0.15, 0.2) is 12.3 Å². The molecule has 4 aliphatic rings. The molecule has 4 aliphatic carbocycles. The molecule has 5 rings (SSSR count). The highest BCUT2D eigenvalue weighted by atomic mass is 15.3. The second kappa shape index (κ2) is 4.06. The van der Waals surface area contributed by atoms with E-state index in [1.807, 2.05) is 17.9 Å². The van der Waals surface area contributed by atoms with Crippen LogP contribution < -0.4 is 11.3 Å². The standard InChI is InChI=1S/C15H24N4/c1-19-13(2-3-17-19)14(18-16)15-7-10-4-11(8-15)6-12(5-10)9-15/h2-3,10-12,14,18H,4-9,16H2,1H3. The number of nitrogens with one attached hydrogen (secondary N) is 1. The minimum absolute atomic E-state index is 0.272. The molecule has 0 aromatic carbocycles. The van der Waals surface area contributed by atoms with Crippen LogP contribution in [0.3, 0.4) is 0 Å². The van der Waals surface area contributed by atoms with Gasteiger partial charge in [0.15, 0.2) is 0 Å². The predicted molar refractivity (Wildman–Crippen MR) is 73.9 cm³/mol. The molecule has 4 bridgehead atoms. The van der Waals surface area contributed by atoms with Gasteiger partial charge in [0, 0.05) is 13.2 Å². The fourth-order valence-electron chi connectivity index (χ4n) is 5.77. The minimum Gasteiger partial charge on any atom is -0.271 e. The molecule has 1 atom stereocenters. The number of hydrogen-bond donors (Lipinski definition) is 2. The van der Waals surface area contributed by atoms with Crippen LogP contribution >= 0.6 is 0 Å². The van der Waals surface area contributed by atoms with Crippen molar-refractivity contribution in [1.29, 1.82) is 0 Å². The Labute approximate surface area is 114 Å². The van der Waals surface area contributed by atoms with E-state index in [2.05, 4.69) is 16.6 Å². The van der Waals surface area contributed by atoms with Gasteiger partial charge in [0.2, 0.25) is 0 Å². The first-order valence-corrected chi connectivity index (χ1v) is 7.64. The third-order valence-electron chi connectivity index (χ3n) is 6.02. The number of nitrogens with zero attached hydrogens (tertiary/aromatic N) is 2. The Morgan fingerprint density at radius 3 is 2.26 bits per heavy atom. The maximum absolute atomic E-state index is 5.96. The van der Waals surface area contributed by atoms with Crippen LogP contribution in [0, 0.1) is 23.2 Å². The predicted octanol–water partition coefficient (Wildman–Crippen LogP) is 2.14. The topological polar surface area (TPSA) is 55.9 Å². The van der Waals surface area contributed by atoms with Gasteiger partial charge in [0.1, 0.15) is 0 Å². The Kier molecular flexibility index (Phi) is 2.55. The molecule has 0 amide bonds. The second-order valence-electron chi connectivity index (χ2n) is 7.26. The van der Waals surface area contributed by atoms with E-state index < -0.39 is 0 Å². The fourth-order valence-corrected chi connectivity index (χ4v) is 5.77. The van der Waals surface area contributed by atoms with Crippen molar-refractivity contribution < 1.29 is 0 Å². The average Bonchev–Trinajstić information content (AvgIpc) is 2.74. The minimum atomic E-state index is 0.272. The largest absolute Gasteiger partial charge is 0.271 e. The van der Waals surface area contributed by atoms with Gasteiger partial charge in [0.05, 0.1) is 11.7 Å². The molecule has 4 heteroatoms. The van der Waals surface area contributed by atoms with Gasteiger partial charge in [-0.15, -0.1) is 0 Å². The van der Waals surface area contributed by atoms with E-state index >= 15 is 0 Å². The summed E-state index contributed by atoms with van der Waals surface area (Å²) in [6.45, 7) is 0. The van der Waals surface area contributed by atoms with Crippen molar-refractivity contribution in [2.24, 2.45) is 36.1 Å².